The molecule has 0 saturated carbocycles. The standard InChI is InChI=1S/C11H14ClN3O/c1-9-6-10(12)13-11(7-9)15-4-2-14(8-16)3-5-15/h6-8H,2-5H2,1H3. The summed E-state index contributed by atoms with van der Waals surface area (Å²) in [6, 6.07) is 3.86. The van der Waals surface area contributed by atoms with E-state index in [2.05, 4.69) is 9.88 Å². The molecule has 0 N–H and O–H groups in total. The summed E-state index contributed by atoms with van der Waals surface area (Å²) in [7, 11) is 0. The molecule has 1 aromatic rings. The Labute approximate surface area is 99.8 Å². The Hall–Kier alpha value is -1.29. The summed E-state index contributed by atoms with van der Waals surface area (Å²) >= 11 is 5.92. The van der Waals surface area contributed by atoms with Gasteiger partial charge < -0.3 is 9.80 Å². The third-order valence-corrected chi connectivity index (χ3v) is 2.91. The fraction of sp³-hybridized carbons (Fsp3) is 0.455. The molecule has 1 aliphatic rings. The number of aromatic nitrogens is 1. The second kappa shape index (κ2) is 4.70. The van der Waals surface area contributed by atoms with E-state index in [1.165, 1.54) is 0 Å². The molecule has 4 nitrogen and oxygen atoms in total. The van der Waals surface area contributed by atoms with Gasteiger partial charge in [-0.2, -0.15) is 0 Å². The maximum Gasteiger partial charge on any atom is 0.209 e. The number of anilines is 1. The molecule has 0 spiro atoms. The van der Waals surface area contributed by atoms with E-state index >= 15 is 0 Å². The van der Waals surface area contributed by atoms with Crippen LogP contribution < -0.4 is 4.90 Å². The molecule has 0 aromatic carbocycles. The van der Waals surface area contributed by atoms with E-state index in [9.17, 15) is 4.79 Å². The van der Waals surface area contributed by atoms with Gasteiger partial charge in [0.25, 0.3) is 0 Å². The van der Waals surface area contributed by atoms with Crippen molar-refractivity contribution in [3.8, 4) is 0 Å². The van der Waals surface area contributed by atoms with Gasteiger partial charge in [0.2, 0.25) is 6.41 Å². The topological polar surface area (TPSA) is 36.4 Å². The summed E-state index contributed by atoms with van der Waals surface area (Å²) < 4.78 is 0. The first-order chi connectivity index (χ1) is 7.69. The van der Waals surface area contributed by atoms with Crippen LogP contribution in [0.2, 0.25) is 5.15 Å². The maximum atomic E-state index is 10.6. The predicted molar refractivity (Wildman–Crippen MR) is 63.8 cm³/mol. The van der Waals surface area contributed by atoms with Crippen LogP contribution in [0.4, 0.5) is 5.82 Å². The number of carbonyl (C=O) groups excluding carboxylic acids is 1. The van der Waals surface area contributed by atoms with Crippen LogP contribution in [0.1, 0.15) is 5.56 Å². The molecule has 0 unspecified atom stereocenters. The molecule has 1 amide bonds. The molecule has 2 heterocycles. The summed E-state index contributed by atoms with van der Waals surface area (Å²) in [5.74, 6) is 0.899. The van der Waals surface area contributed by atoms with Crippen LogP contribution in [0.15, 0.2) is 12.1 Å². The lowest BCUT2D eigenvalue weighted by Gasteiger charge is -2.33. The SMILES string of the molecule is Cc1cc(Cl)nc(N2CCN(C=O)CC2)c1. The minimum Gasteiger partial charge on any atom is -0.353 e. The van der Waals surface area contributed by atoms with E-state index < -0.39 is 0 Å². The number of piperazine rings is 1. The number of carbonyl (C=O) groups is 1. The summed E-state index contributed by atoms with van der Waals surface area (Å²) in [4.78, 5) is 18.8. The number of hydrogen-bond acceptors (Lipinski definition) is 3. The molecule has 0 aliphatic carbocycles. The van der Waals surface area contributed by atoms with Crippen molar-refractivity contribution < 1.29 is 4.79 Å². The van der Waals surface area contributed by atoms with Crippen LogP contribution in [0.25, 0.3) is 0 Å². The quantitative estimate of drug-likeness (QED) is 0.577. The summed E-state index contributed by atoms with van der Waals surface area (Å²) in [5.41, 5.74) is 1.10. The normalized spacial score (nSPS) is 16.4. The Bertz CT molecular complexity index is 369. The van der Waals surface area contributed by atoms with Gasteiger partial charge in [-0.25, -0.2) is 4.98 Å². The second-order valence-electron chi connectivity index (χ2n) is 3.95. The average molecular weight is 240 g/mol. The summed E-state index contributed by atoms with van der Waals surface area (Å²) in [6.45, 7) is 5.11. The minimum absolute atomic E-state index is 0.521. The highest BCUT2D eigenvalue weighted by Crippen LogP contribution is 2.18. The Balaban J connectivity index is 2.10. The minimum atomic E-state index is 0.521. The molecule has 1 aliphatic heterocycles. The van der Waals surface area contributed by atoms with Gasteiger partial charge in [-0.1, -0.05) is 11.6 Å². The van der Waals surface area contributed by atoms with Crippen molar-refractivity contribution in [2.45, 2.75) is 6.92 Å². The molecule has 5 heteroatoms. The van der Waals surface area contributed by atoms with E-state index in [0.717, 1.165) is 44.0 Å². The van der Waals surface area contributed by atoms with Gasteiger partial charge in [0.1, 0.15) is 11.0 Å². The van der Waals surface area contributed by atoms with Crippen molar-refractivity contribution in [2.24, 2.45) is 0 Å². The zero-order chi connectivity index (χ0) is 11.5. The highest BCUT2D eigenvalue weighted by Gasteiger charge is 2.16. The van der Waals surface area contributed by atoms with E-state index in [1.54, 1.807) is 4.90 Å². The number of halogens is 1. The smallest absolute Gasteiger partial charge is 0.209 e. The van der Waals surface area contributed by atoms with Gasteiger partial charge in [-0.3, -0.25) is 4.79 Å². The second-order valence-corrected chi connectivity index (χ2v) is 4.34. The van der Waals surface area contributed by atoms with Gasteiger partial charge in [-0.05, 0) is 24.6 Å². The van der Waals surface area contributed by atoms with Crippen LogP contribution in [0.3, 0.4) is 0 Å². The number of hydrogen-bond donors (Lipinski definition) is 0. The number of nitrogens with zero attached hydrogens (tertiary/aromatic N) is 3. The molecular formula is C11H14ClN3O. The average Bonchev–Trinajstić information content (AvgIpc) is 2.28. The van der Waals surface area contributed by atoms with Gasteiger partial charge >= 0.3 is 0 Å². The molecule has 0 radical (unpaired) electrons. The monoisotopic (exact) mass is 239 g/mol. The zero-order valence-electron chi connectivity index (χ0n) is 9.19. The molecule has 16 heavy (non-hydrogen) atoms. The van der Waals surface area contributed by atoms with Crippen molar-refractivity contribution >= 4 is 23.8 Å². The maximum absolute atomic E-state index is 10.6. The van der Waals surface area contributed by atoms with E-state index in [4.69, 9.17) is 11.6 Å². The third kappa shape index (κ3) is 2.44. The molecule has 86 valence electrons. The fourth-order valence-corrected chi connectivity index (χ4v) is 2.08. The highest BCUT2D eigenvalue weighted by atomic mass is 35.5. The van der Waals surface area contributed by atoms with Gasteiger partial charge in [-0.15, -0.1) is 0 Å². The van der Waals surface area contributed by atoms with Crippen LogP contribution in [0, 0.1) is 6.92 Å². The van der Waals surface area contributed by atoms with Crippen LogP contribution in [0.5, 0.6) is 0 Å². The lowest BCUT2D eigenvalue weighted by atomic mass is 10.2. The van der Waals surface area contributed by atoms with Crippen molar-refractivity contribution in [1.29, 1.82) is 0 Å². The first-order valence-electron chi connectivity index (χ1n) is 5.27. The van der Waals surface area contributed by atoms with Gasteiger partial charge in [0.05, 0.1) is 0 Å². The van der Waals surface area contributed by atoms with E-state index in [-0.39, 0.29) is 0 Å². The van der Waals surface area contributed by atoms with Crippen molar-refractivity contribution in [3.63, 3.8) is 0 Å². The molecule has 1 saturated heterocycles. The Morgan fingerprint density at radius 2 is 2.00 bits per heavy atom. The fourth-order valence-electron chi connectivity index (χ4n) is 1.83. The molecule has 2 rings (SSSR count). The Morgan fingerprint density at radius 1 is 1.31 bits per heavy atom. The first kappa shape index (κ1) is 11.2. The molecule has 1 fully saturated rings. The molecular weight excluding hydrogens is 226 g/mol. The number of rotatable bonds is 2. The number of amides is 1. The van der Waals surface area contributed by atoms with E-state index in [1.807, 2.05) is 19.1 Å². The van der Waals surface area contributed by atoms with Gasteiger partial charge in [0, 0.05) is 26.2 Å². The lowest BCUT2D eigenvalue weighted by Crippen LogP contribution is -2.46. The van der Waals surface area contributed by atoms with Crippen LogP contribution in [-0.2, 0) is 4.79 Å². The Morgan fingerprint density at radius 3 is 2.56 bits per heavy atom. The van der Waals surface area contributed by atoms with Crippen LogP contribution >= 0.6 is 11.6 Å². The van der Waals surface area contributed by atoms with Gasteiger partial charge in [0.15, 0.2) is 0 Å². The van der Waals surface area contributed by atoms with Crippen molar-refractivity contribution in [3.05, 3.63) is 22.8 Å². The van der Waals surface area contributed by atoms with Crippen molar-refractivity contribution in [1.82, 2.24) is 9.88 Å². The first-order valence-corrected chi connectivity index (χ1v) is 5.65. The summed E-state index contributed by atoms with van der Waals surface area (Å²) in [6.07, 6.45) is 0.897. The zero-order valence-corrected chi connectivity index (χ0v) is 9.94. The third-order valence-electron chi connectivity index (χ3n) is 2.71. The highest BCUT2D eigenvalue weighted by molar-refractivity contribution is 6.29. The van der Waals surface area contributed by atoms with Crippen LogP contribution in [-0.4, -0.2) is 42.5 Å². The molecule has 1 aromatic heterocycles. The number of aryl methyl sites for hydroxylation is 1. The Kier molecular flexibility index (Phi) is 3.29. The predicted octanol–water partition coefficient (Wildman–Crippen LogP) is 1.32. The largest absolute Gasteiger partial charge is 0.353 e. The number of pyridine rings is 1. The molecule has 0 bridgehead atoms. The molecule has 0 atom stereocenters. The lowest BCUT2D eigenvalue weighted by molar-refractivity contribution is -0.118. The summed E-state index contributed by atoms with van der Waals surface area (Å²) in [5, 5.41) is 0.521. The van der Waals surface area contributed by atoms with Crippen molar-refractivity contribution in [2.75, 3.05) is 31.1 Å². The van der Waals surface area contributed by atoms with E-state index in [0.29, 0.717) is 5.15 Å².